The van der Waals surface area contributed by atoms with E-state index in [0.717, 1.165) is 0 Å². The molecule has 0 atom stereocenters. The zero-order chi connectivity index (χ0) is 18.8. The lowest BCUT2D eigenvalue weighted by Crippen LogP contribution is -2.45. The third-order valence-corrected chi connectivity index (χ3v) is 9.37. The maximum absolute atomic E-state index is 4.81. The van der Waals surface area contributed by atoms with Gasteiger partial charge in [-0.1, -0.05) is 53.9 Å². The van der Waals surface area contributed by atoms with Gasteiger partial charge in [-0.25, -0.2) is 0 Å². The predicted molar refractivity (Wildman–Crippen MR) is 107 cm³/mol. The molecule has 0 aromatic carbocycles. The van der Waals surface area contributed by atoms with Crippen LogP contribution < -0.4 is 0 Å². The van der Waals surface area contributed by atoms with Gasteiger partial charge in [0.05, 0.1) is 0 Å². The van der Waals surface area contributed by atoms with E-state index in [1.165, 1.54) is 75.9 Å². The summed E-state index contributed by atoms with van der Waals surface area (Å²) in [6.45, 7) is 11.9. The van der Waals surface area contributed by atoms with Crippen LogP contribution in [0.2, 0.25) is 0 Å². The Kier molecular flexibility index (Phi) is 4.14. The van der Waals surface area contributed by atoms with Crippen LogP contribution in [0.3, 0.4) is 0 Å². The minimum Gasteiger partial charge on any atom is -0.317 e. The fraction of sp³-hybridized carbons (Fsp3) is 0.913. The monoisotopic (exact) mass is 357 g/mol. The minimum atomic E-state index is 0.315. The number of rotatable bonds is 6. The lowest BCUT2D eigenvalue weighted by Gasteiger charge is -2.53. The third kappa shape index (κ3) is 2.44. The van der Waals surface area contributed by atoms with Gasteiger partial charge in [0.25, 0.3) is 0 Å². The summed E-state index contributed by atoms with van der Waals surface area (Å²) in [4.78, 5) is 0. The first kappa shape index (κ1) is 18.5. The lowest BCUT2D eigenvalue weighted by molar-refractivity contribution is 0.0248. The van der Waals surface area contributed by atoms with Gasteiger partial charge in [0, 0.05) is 18.4 Å². The Labute approximate surface area is 160 Å². The fourth-order valence-electron chi connectivity index (χ4n) is 6.62. The van der Waals surface area contributed by atoms with Crippen LogP contribution >= 0.6 is 0 Å². The Morgan fingerprint density at radius 3 is 1.96 bits per heavy atom. The molecule has 5 rings (SSSR count). The molecule has 146 valence electrons. The Morgan fingerprint density at radius 1 is 0.885 bits per heavy atom. The summed E-state index contributed by atoms with van der Waals surface area (Å²) in [7, 11) is 2.24. The van der Waals surface area contributed by atoms with Gasteiger partial charge in [-0.05, 0) is 61.2 Å². The van der Waals surface area contributed by atoms with Crippen LogP contribution in [-0.2, 0) is 12.5 Å². The molecule has 1 aromatic heterocycles. The molecule has 26 heavy (non-hydrogen) atoms. The zero-order valence-corrected chi connectivity index (χ0v) is 18.0. The highest BCUT2D eigenvalue weighted by atomic mass is 15.3. The number of fused-ring (bicyclic) bond motifs is 3. The van der Waals surface area contributed by atoms with Crippen molar-refractivity contribution in [2.24, 2.45) is 23.3 Å². The summed E-state index contributed by atoms with van der Waals surface area (Å²) in [6, 6.07) is 0. The molecule has 0 saturated heterocycles. The number of nitrogens with zero attached hydrogens (tertiary/aromatic N) is 3. The zero-order valence-electron chi connectivity index (χ0n) is 18.0. The largest absolute Gasteiger partial charge is 0.317 e. The predicted octanol–water partition coefficient (Wildman–Crippen LogP) is 6.14. The second-order valence-electron chi connectivity index (χ2n) is 11.1. The quantitative estimate of drug-likeness (QED) is 0.573. The van der Waals surface area contributed by atoms with Crippen molar-refractivity contribution < 1.29 is 0 Å². The molecule has 3 heteroatoms. The number of hydrogen-bond acceptors (Lipinski definition) is 2. The first-order chi connectivity index (χ1) is 12.2. The van der Waals surface area contributed by atoms with Crippen molar-refractivity contribution in [3.05, 3.63) is 11.6 Å². The van der Waals surface area contributed by atoms with E-state index in [0.29, 0.717) is 27.6 Å². The van der Waals surface area contributed by atoms with Crippen LogP contribution in [0.5, 0.6) is 0 Å². The second kappa shape index (κ2) is 5.82. The molecule has 2 bridgehead atoms. The lowest BCUT2D eigenvalue weighted by atomic mass is 9.52. The summed E-state index contributed by atoms with van der Waals surface area (Å²) >= 11 is 0. The standard InChI is InChI=1S/C23H39N3/c1-7-8-9-10-22-11-14-23(15-12-22,16-13-22)19-25-24-18(26(19)6)17-20(2,3)21(17,4)5/h17H,7-16H2,1-6H3. The van der Waals surface area contributed by atoms with Gasteiger partial charge >= 0.3 is 0 Å². The highest BCUT2D eigenvalue weighted by Gasteiger charge is 2.67. The van der Waals surface area contributed by atoms with E-state index in [-0.39, 0.29) is 0 Å². The van der Waals surface area contributed by atoms with Crippen molar-refractivity contribution in [2.75, 3.05) is 0 Å². The Morgan fingerprint density at radius 2 is 1.46 bits per heavy atom. The van der Waals surface area contributed by atoms with Crippen molar-refractivity contribution in [3.8, 4) is 0 Å². The summed E-state index contributed by atoms with van der Waals surface area (Å²) in [6.07, 6.45) is 13.9. The Balaban J connectivity index is 1.52. The average Bonchev–Trinajstić information content (AvgIpc) is 2.86. The topological polar surface area (TPSA) is 30.7 Å². The fourth-order valence-corrected chi connectivity index (χ4v) is 6.62. The first-order valence-electron chi connectivity index (χ1n) is 11.1. The van der Waals surface area contributed by atoms with E-state index in [4.69, 9.17) is 10.2 Å². The van der Waals surface area contributed by atoms with E-state index < -0.39 is 0 Å². The van der Waals surface area contributed by atoms with Crippen molar-refractivity contribution >= 4 is 0 Å². The SMILES string of the molecule is CCCCCC12CCC(c3nnc(C4C(C)(C)C4(C)C)n3C)(CC1)CC2. The minimum absolute atomic E-state index is 0.315. The molecule has 4 fully saturated rings. The van der Waals surface area contributed by atoms with Crippen molar-refractivity contribution in [1.29, 1.82) is 0 Å². The van der Waals surface area contributed by atoms with E-state index in [1.807, 2.05) is 0 Å². The molecule has 0 radical (unpaired) electrons. The maximum Gasteiger partial charge on any atom is 0.138 e. The van der Waals surface area contributed by atoms with Gasteiger partial charge in [-0.15, -0.1) is 10.2 Å². The van der Waals surface area contributed by atoms with E-state index in [2.05, 4.69) is 46.2 Å². The molecule has 0 spiro atoms. The molecule has 1 aromatic rings. The summed E-state index contributed by atoms with van der Waals surface area (Å²) < 4.78 is 2.40. The number of hydrogen-bond donors (Lipinski definition) is 0. The molecule has 0 unspecified atom stereocenters. The molecule has 4 saturated carbocycles. The smallest absolute Gasteiger partial charge is 0.138 e. The van der Waals surface area contributed by atoms with Gasteiger partial charge in [-0.3, -0.25) is 0 Å². The Bertz CT molecular complexity index is 643. The molecule has 1 heterocycles. The van der Waals surface area contributed by atoms with Crippen molar-refractivity contribution in [1.82, 2.24) is 14.8 Å². The molecule has 3 nitrogen and oxygen atoms in total. The van der Waals surface area contributed by atoms with E-state index >= 15 is 0 Å². The van der Waals surface area contributed by atoms with Crippen LogP contribution in [0, 0.1) is 16.2 Å². The molecule has 0 N–H and O–H groups in total. The van der Waals surface area contributed by atoms with Crippen molar-refractivity contribution in [2.45, 2.75) is 110 Å². The van der Waals surface area contributed by atoms with E-state index in [9.17, 15) is 0 Å². The molecular weight excluding hydrogens is 318 g/mol. The summed E-state index contributed by atoms with van der Waals surface area (Å²) in [5.74, 6) is 3.07. The van der Waals surface area contributed by atoms with Crippen LogP contribution in [0.1, 0.15) is 116 Å². The number of aromatic nitrogens is 3. The Hall–Kier alpha value is -0.860. The maximum atomic E-state index is 4.81. The molecule has 4 aliphatic carbocycles. The van der Waals surface area contributed by atoms with Gasteiger partial charge in [0.2, 0.25) is 0 Å². The highest BCUT2D eigenvalue weighted by molar-refractivity contribution is 5.29. The third-order valence-electron chi connectivity index (χ3n) is 9.37. The summed E-state index contributed by atoms with van der Waals surface area (Å²) in [5, 5.41) is 9.56. The molecule has 4 aliphatic rings. The van der Waals surface area contributed by atoms with Crippen LogP contribution in [0.15, 0.2) is 0 Å². The highest BCUT2D eigenvalue weighted by Crippen LogP contribution is 2.73. The normalized spacial score (nSPS) is 35.0. The average molecular weight is 358 g/mol. The first-order valence-corrected chi connectivity index (χ1v) is 11.1. The van der Waals surface area contributed by atoms with Crippen LogP contribution in [0.25, 0.3) is 0 Å². The van der Waals surface area contributed by atoms with Gasteiger partial charge in [0.1, 0.15) is 11.6 Å². The molecule has 0 amide bonds. The van der Waals surface area contributed by atoms with Crippen LogP contribution in [-0.4, -0.2) is 14.8 Å². The van der Waals surface area contributed by atoms with Crippen molar-refractivity contribution in [3.63, 3.8) is 0 Å². The van der Waals surface area contributed by atoms with E-state index in [1.54, 1.807) is 0 Å². The second-order valence-corrected chi connectivity index (χ2v) is 11.1. The van der Waals surface area contributed by atoms with Gasteiger partial charge < -0.3 is 4.57 Å². The van der Waals surface area contributed by atoms with Crippen LogP contribution in [0.4, 0.5) is 0 Å². The molecule has 0 aliphatic heterocycles. The van der Waals surface area contributed by atoms with Gasteiger partial charge in [0.15, 0.2) is 0 Å². The molecular formula is C23H39N3. The summed E-state index contributed by atoms with van der Waals surface area (Å²) in [5.41, 5.74) is 1.64. The van der Waals surface area contributed by atoms with Gasteiger partial charge in [-0.2, -0.15) is 0 Å². The number of unbranched alkanes of at least 4 members (excludes halogenated alkanes) is 2.